The second-order valence-electron chi connectivity index (χ2n) is 12.1. The number of hydrogen-bond acceptors (Lipinski definition) is 1. The summed E-state index contributed by atoms with van der Waals surface area (Å²) < 4.78 is 0. The number of allylic oxidation sites excluding steroid dienone is 14. The Morgan fingerprint density at radius 2 is 1.00 bits per heavy atom. The lowest BCUT2D eigenvalue weighted by atomic mass is 10.0. The van der Waals surface area contributed by atoms with Crippen LogP contribution >= 0.6 is 0 Å². The molecule has 55 heavy (non-hydrogen) atoms. The first-order valence-electron chi connectivity index (χ1n) is 19.0. The molecule has 0 amide bonds. The van der Waals surface area contributed by atoms with E-state index in [1.165, 1.54) is 5.56 Å². The zero-order valence-corrected chi connectivity index (χ0v) is 34.6. The highest BCUT2D eigenvalue weighted by atomic mass is 14.7. The Bertz CT molecular complexity index is 2080. The van der Waals surface area contributed by atoms with Crippen LogP contribution in [-0.2, 0) is 0 Å². The third-order valence-corrected chi connectivity index (χ3v) is 7.51. The topological polar surface area (TPSA) is 12.4 Å². The van der Waals surface area contributed by atoms with Gasteiger partial charge in [-0.05, 0) is 105 Å². The molecule has 0 unspecified atom stereocenters. The van der Waals surface area contributed by atoms with Gasteiger partial charge in [-0.2, -0.15) is 0 Å². The Morgan fingerprint density at radius 1 is 0.618 bits per heavy atom. The van der Waals surface area contributed by atoms with Crippen LogP contribution in [-0.4, -0.2) is 5.71 Å². The van der Waals surface area contributed by atoms with Gasteiger partial charge in [0.15, 0.2) is 0 Å². The third-order valence-electron chi connectivity index (χ3n) is 7.51. The van der Waals surface area contributed by atoms with Crippen LogP contribution in [0.25, 0.3) is 5.70 Å². The van der Waals surface area contributed by atoms with E-state index in [4.69, 9.17) is 4.99 Å². The summed E-state index contributed by atoms with van der Waals surface area (Å²) in [6.07, 6.45) is 22.3. The molecule has 0 aromatic heterocycles. The van der Waals surface area contributed by atoms with Crippen molar-refractivity contribution in [2.24, 2.45) is 4.99 Å². The second-order valence-corrected chi connectivity index (χ2v) is 12.1. The van der Waals surface area contributed by atoms with Gasteiger partial charge >= 0.3 is 0 Å². The number of hydrogen-bond donors (Lipinski definition) is 0. The van der Waals surface area contributed by atoms with Crippen LogP contribution in [0.1, 0.15) is 108 Å². The summed E-state index contributed by atoms with van der Waals surface area (Å²) in [4.78, 5) is 4.73. The fourth-order valence-corrected chi connectivity index (χ4v) is 4.71. The Kier molecular flexibility index (Phi) is 23.9. The van der Waals surface area contributed by atoms with Crippen LogP contribution in [0.2, 0.25) is 0 Å². The average Bonchev–Trinajstić information content (AvgIpc) is 3.20. The first-order chi connectivity index (χ1) is 26.7. The third kappa shape index (κ3) is 18.8. The van der Waals surface area contributed by atoms with E-state index in [0.717, 1.165) is 62.4 Å². The van der Waals surface area contributed by atoms with Gasteiger partial charge in [0.2, 0.25) is 0 Å². The largest absolute Gasteiger partial charge is 0.253 e. The molecule has 0 heterocycles. The zero-order chi connectivity index (χ0) is 40.8. The molecule has 1 nitrogen and oxygen atoms in total. The predicted molar refractivity (Wildman–Crippen MR) is 246 cm³/mol. The Hall–Kier alpha value is -6.33. The van der Waals surface area contributed by atoms with Crippen LogP contribution in [0.4, 0.5) is 0 Å². The summed E-state index contributed by atoms with van der Waals surface area (Å²) in [5, 5.41) is 0. The molecule has 0 spiro atoms. The van der Waals surface area contributed by atoms with Gasteiger partial charge in [-0.3, -0.25) is 4.99 Å². The smallest absolute Gasteiger partial charge is 0.0633 e. The minimum Gasteiger partial charge on any atom is -0.253 e. The van der Waals surface area contributed by atoms with Crippen molar-refractivity contribution in [3.8, 4) is 35.5 Å². The molecule has 0 N–H and O–H groups in total. The SMILES string of the molecule is C=C/C=C(C#Cc1ccc(C(C)=NC(=C)c2ccc(C#CC(/C=C\C)=C/CC)cc2)cc1)\C=C/C.C=C/C=C(C#Cc1ccc(C(C)C)cc1)\C=C/C.CC. The van der Waals surface area contributed by atoms with Crippen LogP contribution in [0.15, 0.2) is 181 Å². The molecule has 0 bridgehead atoms. The van der Waals surface area contributed by atoms with Gasteiger partial charge in [0.25, 0.3) is 0 Å². The first-order valence-corrected chi connectivity index (χ1v) is 19.0. The predicted octanol–water partition coefficient (Wildman–Crippen LogP) is 14.3. The summed E-state index contributed by atoms with van der Waals surface area (Å²) in [6.45, 7) is 30.0. The lowest BCUT2D eigenvalue weighted by Gasteiger charge is -2.05. The molecule has 0 radical (unpaired) electrons. The summed E-state index contributed by atoms with van der Waals surface area (Å²) in [5.74, 6) is 19.7. The van der Waals surface area contributed by atoms with E-state index in [1.54, 1.807) is 12.2 Å². The summed E-state index contributed by atoms with van der Waals surface area (Å²) in [6, 6.07) is 24.6. The maximum absolute atomic E-state index is 4.73. The highest BCUT2D eigenvalue weighted by molar-refractivity contribution is 6.01. The van der Waals surface area contributed by atoms with Crippen molar-refractivity contribution in [3.05, 3.63) is 209 Å². The lowest BCUT2D eigenvalue weighted by molar-refractivity contribution is 0.866. The summed E-state index contributed by atoms with van der Waals surface area (Å²) in [5.41, 5.74) is 10.9. The van der Waals surface area contributed by atoms with Gasteiger partial charge in [0.05, 0.1) is 5.70 Å². The van der Waals surface area contributed by atoms with Gasteiger partial charge in [0.1, 0.15) is 0 Å². The lowest BCUT2D eigenvalue weighted by Crippen LogP contribution is -1.95. The first kappa shape index (κ1) is 46.7. The molecule has 0 aliphatic rings. The summed E-state index contributed by atoms with van der Waals surface area (Å²) >= 11 is 0. The number of aliphatic imine (C=N–C) groups is 1. The molecule has 0 saturated heterocycles. The molecule has 0 fully saturated rings. The van der Waals surface area contributed by atoms with Crippen LogP contribution in [0, 0.1) is 35.5 Å². The molecule has 3 aromatic carbocycles. The Balaban J connectivity index is 0.000000634. The van der Waals surface area contributed by atoms with Gasteiger partial charge in [0, 0.05) is 39.1 Å². The molecule has 3 rings (SSSR count). The van der Waals surface area contributed by atoms with Crippen molar-refractivity contribution in [1.29, 1.82) is 0 Å². The van der Waals surface area contributed by atoms with E-state index in [-0.39, 0.29) is 0 Å². The maximum Gasteiger partial charge on any atom is 0.0633 e. The average molecular weight is 722 g/mol. The summed E-state index contributed by atoms with van der Waals surface area (Å²) in [7, 11) is 0. The molecule has 3 aromatic rings. The van der Waals surface area contributed by atoms with E-state index in [1.807, 2.05) is 139 Å². The van der Waals surface area contributed by atoms with Crippen molar-refractivity contribution in [3.63, 3.8) is 0 Å². The van der Waals surface area contributed by atoms with Crippen molar-refractivity contribution in [2.45, 2.75) is 74.7 Å². The van der Waals surface area contributed by atoms with E-state index in [2.05, 4.69) is 106 Å². The monoisotopic (exact) mass is 721 g/mol. The Labute approximate surface area is 334 Å². The minimum atomic E-state index is 0.561. The minimum absolute atomic E-state index is 0.561. The van der Waals surface area contributed by atoms with Crippen LogP contribution in [0.5, 0.6) is 0 Å². The number of rotatable bonds is 10. The van der Waals surface area contributed by atoms with Gasteiger partial charge in [-0.25, -0.2) is 0 Å². The number of nitrogens with zero attached hydrogens (tertiary/aromatic N) is 1. The fraction of sp³-hybridized carbons (Fsp3) is 0.204. The molecule has 0 aliphatic heterocycles. The molecule has 0 atom stereocenters. The Morgan fingerprint density at radius 3 is 1.38 bits per heavy atom. The van der Waals surface area contributed by atoms with Gasteiger partial charge < -0.3 is 0 Å². The quantitative estimate of drug-likeness (QED) is 0.112. The van der Waals surface area contributed by atoms with E-state index in [0.29, 0.717) is 5.92 Å². The van der Waals surface area contributed by atoms with Gasteiger partial charge in [-0.1, -0.05) is 181 Å². The standard InChI is InChI=1S/C34H33N.C18H20.C2H6/c1-7-11-29(12-8-2)15-17-31-19-23-33(24-20-31)27(5)35-28(6)34-25-21-32(22-26-34)18-16-30(13-9-3)14-10-4;1-5-7-16(8-6-2)9-10-17-11-13-18(14-12-17)15(3)4;1-2/h7-9,11-14,19-26H,1,6,10H2,2-5H3;5-8,11-15H,1H2,2-4H3;1-2H3/b12-8-,13-9-,29-11+,30-14+,35-27?;8-6-,16-7+;. The normalized spacial score (nSPS) is 11.6. The molecular formula is C54H59N. The van der Waals surface area contributed by atoms with E-state index in [9.17, 15) is 0 Å². The van der Waals surface area contributed by atoms with Crippen molar-refractivity contribution in [2.75, 3.05) is 0 Å². The van der Waals surface area contributed by atoms with E-state index < -0.39 is 0 Å². The second kappa shape index (κ2) is 28.2. The molecule has 0 saturated carbocycles. The van der Waals surface area contributed by atoms with Crippen LogP contribution in [0.3, 0.4) is 0 Å². The fourth-order valence-electron chi connectivity index (χ4n) is 4.71. The molecule has 0 aliphatic carbocycles. The van der Waals surface area contributed by atoms with Crippen molar-refractivity contribution >= 4 is 11.4 Å². The maximum atomic E-state index is 4.73. The van der Waals surface area contributed by atoms with Gasteiger partial charge in [-0.15, -0.1) is 0 Å². The highest BCUT2D eigenvalue weighted by Crippen LogP contribution is 2.17. The number of benzene rings is 3. The molecule has 280 valence electrons. The van der Waals surface area contributed by atoms with Crippen molar-refractivity contribution < 1.29 is 0 Å². The molecular weight excluding hydrogens is 663 g/mol. The highest BCUT2D eigenvalue weighted by Gasteiger charge is 2.02. The zero-order valence-electron chi connectivity index (χ0n) is 34.6. The van der Waals surface area contributed by atoms with Crippen molar-refractivity contribution in [1.82, 2.24) is 0 Å². The van der Waals surface area contributed by atoms with E-state index >= 15 is 0 Å². The van der Waals surface area contributed by atoms with Crippen LogP contribution < -0.4 is 0 Å². The molecule has 1 heteroatoms.